The number of rotatable bonds is 4. The Balaban J connectivity index is 2.34. The third-order valence-electron chi connectivity index (χ3n) is 2.64. The molecule has 3 N–H and O–H groups in total. The number of hydrogen-bond acceptors (Lipinski definition) is 6. The first-order valence-corrected chi connectivity index (χ1v) is 5.62. The largest absolute Gasteiger partial charge is 0.504 e. The maximum Gasteiger partial charge on any atom is 0.243 e. The van der Waals surface area contributed by atoms with Crippen molar-refractivity contribution in [1.82, 2.24) is 10.1 Å². The number of nitrogens with two attached hydrogens (primary N) is 1. The Hall–Kier alpha value is -2.08. The van der Waals surface area contributed by atoms with Crippen LogP contribution < -0.4 is 10.5 Å². The topological polar surface area (TPSA) is 94.4 Å². The lowest BCUT2D eigenvalue weighted by atomic mass is 10.2. The summed E-state index contributed by atoms with van der Waals surface area (Å²) in [6.07, 6.45) is 0.723. The summed E-state index contributed by atoms with van der Waals surface area (Å²) in [4.78, 5) is 4.22. The SMILES string of the molecule is CCC(N)c1nc(-c2ccc(O)c(OC)c2)no1. The number of nitrogens with zero attached hydrogens (tertiary/aromatic N) is 2. The molecular weight excluding hydrogens is 234 g/mol. The normalized spacial score (nSPS) is 12.4. The lowest BCUT2D eigenvalue weighted by molar-refractivity contribution is 0.352. The van der Waals surface area contributed by atoms with E-state index in [0.717, 1.165) is 6.42 Å². The van der Waals surface area contributed by atoms with Gasteiger partial charge in [0.2, 0.25) is 11.7 Å². The summed E-state index contributed by atoms with van der Waals surface area (Å²) in [5, 5.41) is 13.4. The first-order valence-electron chi connectivity index (χ1n) is 5.62. The zero-order valence-corrected chi connectivity index (χ0v) is 10.3. The summed E-state index contributed by atoms with van der Waals surface area (Å²) in [6, 6.07) is 4.58. The number of aromatic hydroxyl groups is 1. The second kappa shape index (κ2) is 5.05. The quantitative estimate of drug-likeness (QED) is 0.858. The molecule has 0 saturated carbocycles. The number of aromatic nitrogens is 2. The summed E-state index contributed by atoms with van der Waals surface area (Å²) >= 11 is 0. The summed E-state index contributed by atoms with van der Waals surface area (Å²) in [7, 11) is 1.48. The lowest BCUT2D eigenvalue weighted by Crippen LogP contribution is -2.08. The molecule has 2 aromatic rings. The van der Waals surface area contributed by atoms with E-state index in [9.17, 15) is 5.11 Å². The van der Waals surface area contributed by atoms with Crippen LogP contribution >= 0.6 is 0 Å². The van der Waals surface area contributed by atoms with Gasteiger partial charge in [-0.1, -0.05) is 12.1 Å². The summed E-state index contributed by atoms with van der Waals surface area (Å²) in [6.45, 7) is 1.94. The summed E-state index contributed by atoms with van der Waals surface area (Å²) in [5.41, 5.74) is 6.50. The van der Waals surface area contributed by atoms with Crippen LogP contribution in [0.25, 0.3) is 11.4 Å². The fraction of sp³-hybridized carbons (Fsp3) is 0.333. The zero-order valence-electron chi connectivity index (χ0n) is 10.3. The van der Waals surface area contributed by atoms with Gasteiger partial charge < -0.3 is 20.1 Å². The van der Waals surface area contributed by atoms with Crippen LogP contribution in [-0.4, -0.2) is 22.4 Å². The Bertz CT molecular complexity index is 539. The number of ether oxygens (including phenoxy) is 1. The first-order chi connectivity index (χ1) is 8.65. The third-order valence-corrected chi connectivity index (χ3v) is 2.64. The van der Waals surface area contributed by atoms with Gasteiger partial charge in [-0.15, -0.1) is 0 Å². The minimum absolute atomic E-state index is 0.0650. The van der Waals surface area contributed by atoms with Gasteiger partial charge >= 0.3 is 0 Å². The van der Waals surface area contributed by atoms with Crippen molar-refractivity contribution >= 4 is 0 Å². The highest BCUT2D eigenvalue weighted by Crippen LogP contribution is 2.30. The van der Waals surface area contributed by atoms with E-state index in [4.69, 9.17) is 15.0 Å². The van der Waals surface area contributed by atoms with Gasteiger partial charge in [0.15, 0.2) is 11.5 Å². The van der Waals surface area contributed by atoms with Gasteiger partial charge in [-0.05, 0) is 24.6 Å². The van der Waals surface area contributed by atoms with Crippen LogP contribution in [0.3, 0.4) is 0 Å². The van der Waals surface area contributed by atoms with Crippen molar-refractivity contribution in [2.24, 2.45) is 5.73 Å². The van der Waals surface area contributed by atoms with Crippen LogP contribution in [0.5, 0.6) is 11.5 Å². The number of methoxy groups -OCH3 is 1. The monoisotopic (exact) mass is 249 g/mol. The summed E-state index contributed by atoms with van der Waals surface area (Å²) in [5.74, 6) is 1.25. The zero-order chi connectivity index (χ0) is 13.1. The van der Waals surface area contributed by atoms with Gasteiger partial charge in [0.1, 0.15) is 0 Å². The molecule has 1 unspecified atom stereocenters. The van der Waals surface area contributed by atoms with Gasteiger partial charge in [0.25, 0.3) is 0 Å². The molecule has 0 aliphatic carbocycles. The predicted molar refractivity (Wildman–Crippen MR) is 65.2 cm³/mol. The standard InChI is InChI=1S/C12H15N3O3/c1-3-8(13)12-14-11(15-18-12)7-4-5-9(16)10(6-7)17-2/h4-6,8,16H,3,13H2,1-2H3. The molecule has 0 aliphatic heterocycles. The molecule has 1 atom stereocenters. The molecule has 6 nitrogen and oxygen atoms in total. The van der Waals surface area contributed by atoms with E-state index in [1.165, 1.54) is 13.2 Å². The van der Waals surface area contributed by atoms with Gasteiger partial charge in [-0.2, -0.15) is 4.98 Å². The molecule has 0 aliphatic rings. The minimum atomic E-state index is -0.259. The number of hydrogen-bond donors (Lipinski definition) is 2. The summed E-state index contributed by atoms with van der Waals surface area (Å²) < 4.78 is 10.1. The highest BCUT2D eigenvalue weighted by Gasteiger charge is 2.15. The van der Waals surface area contributed by atoms with Gasteiger partial charge in [0, 0.05) is 5.56 Å². The van der Waals surface area contributed by atoms with E-state index in [1.807, 2.05) is 6.92 Å². The van der Waals surface area contributed by atoms with Crippen molar-refractivity contribution < 1.29 is 14.4 Å². The van der Waals surface area contributed by atoms with E-state index < -0.39 is 0 Å². The minimum Gasteiger partial charge on any atom is -0.504 e. The first kappa shape index (κ1) is 12.4. The molecule has 0 saturated heterocycles. The van der Waals surface area contributed by atoms with Crippen molar-refractivity contribution in [3.63, 3.8) is 0 Å². The van der Waals surface area contributed by atoms with Crippen LogP contribution in [-0.2, 0) is 0 Å². The smallest absolute Gasteiger partial charge is 0.243 e. The van der Waals surface area contributed by atoms with E-state index >= 15 is 0 Å². The van der Waals surface area contributed by atoms with Crippen molar-refractivity contribution in [3.05, 3.63) is 24.1 Å². The molecule has 0 fully saturated rings. The molecule has 2 rings (SSSR count). The number of phenolic OH excluding ortho intramolecular Hbond substituents is 1. The van der Waals surface area contributed by atoms with E-state index in [1.54, 1.807) is 12.1 Å². The Morgan fingerprint density at radius 2 is 2.28 bits per heavy atom. The predicted octanol–water partition coefficient (Wildman–Crippen LogP) is 1.86. The molecular formula is C12H15N3O3. The van der Waals surface area contributed by atoms with E-state index in [0.29, 0.717) is 23.0 Å². The van der Waals surface area contributed by atoms with Crippen molar-refractivity contribution in [3.8, 4) is 22.9 Å². The molecule has 0 radical (unpaired) electrons. The second-order valence-corrected chi connectivity index (χ2v) is 3.86. The highest BCUT2D eigenvalue weighted by atomic mass is 16.5. The van der Waals surface area contributed by atoms with Crippen molar-refractivity contribution in [2.75, 3.05) is 7.11 Å². The third kappa shape index (κ3) is 2.28. The average Bonchev–Trinajstić information content (AvgIpc) is 2.88. The van der Waals surface area contributed by atoms with Gasteiger partial charge in [-0.3, -0.25) is 0 Å². The number of benzene rings is 1. The van der Waals surface area contributed by atoms with Crippen molar-refractivity contribution in [1.29, 1.82) is 0 Å². The number of phenols is 1. The van der Waals surface area contributed by atoms with Crippen LogP contribution in [0, 0.1) is 0 Å². The maximum absolute atomic E-state index is 9.50. The van der Waals surface area contributed by atoms with E-state index in [2.05, 4.69) is 10.1 Å². The Morgan fingerprint density at radius 1 is 1.50 bits per heavy atom. The van der Waals surface area contributed by atoms with Crippen LogP contribution in [0.2, 0.25) is 0 Å². The maximum atomic E-state index is 9.50. The molecule has 6 heteroatoms. The second-order valence-electron chi connectivity index (χ2n) is 3.86. The molecule has 1 aromatic carbocycles. The van der Waals surface area contributed by atoms with E-state index in [-0.39, 0.29) is 11.8 Å². The fourth-order valence-corrected chi connectivity index (χ4v) is 1.49. The van der Waals surface area contributed by atoms with Gasteiger partial charge in [0.05, 0.1) is 13.2 Å². The molecule has 96 valence electrons. The fourth-order valence-electron chi connectivity index (χ4n) is 1.49. The van der Waals surface area contributed by atoms with Crippen LogP contribution in [0.1, 0.15) is 25.3 Å². The van der Waals surface area contributed by atoms with Gasteiger partial charge in [-0.25, -0.2) is 0 Å². The average molecular weight is 249 g/mol. The molecule has 0 bridgehead atoms. The Kier molecular flexibility index (Phi) is 3.47. The molecule has 0 amide bonds. The molecule has 0 spiro atoms. The molecule has 18 heavy (non-hydrogen) atoms. The molecule has 1 aromatic heterocycles. The lowest BCUT2D eigenvalue weighted by Gasteiger charge is -2.03. The van der Waals surface area contributed by atoms with Crippen LogP contribution in [0.15, 0.2) is 22.7 Å². The Labute approximate surface area is 104 Å². The van der Waals surface area contributed by atoms with Crippen molar-refractivity contribution in [2.45, 2.75) is 19.4 Å². The van der Waals surface area contributed by atoms with Crippen LogP contribution in [0.4, 0.5) is 0 Å². The molecule has 1 heterocycles. The highest BCUT2D eigenvalue weighted by molar-refractivity contribution is 5.60. The Morgan fingerprint density at radius 3 is 2.94 bits per heavy atom.